The van der Waals surface area contributed by atoms with Crippen molar-refractivity contribution >= 4 is 5.78 Å². The van der Waals surface area contributed by atoms with Crippen LogP contribution in [0.4, 0.5) is 0 Å². The van der Waals surface area contributed by atoms with Gasteiger partial charge in [0.25, 0.3) is 0 Å². The monoisotopic (exact) mass is 226 g/mol. The lowest BCUT2D eigenvalue weighted by Gasteiger charge is -2.29. The van der Waals surface area contributed by atoms with Gasteiger partial charge in [-0.25, -0.2) is 0 Å². The van der Waals surface area contributed by atoms with Crippen LogP contribution in [-0.2, 0) is 9.53 Å². The molecular formula is C14H26O2. The number of ketones is 1. The van der Waals surface area contributed by atoms with Gasteiger partial charge in [0, 0.05) is 13.0 Å². The Hall–Kier alpha value is -0.630. The molecule has 0 N–H and O–H groups in total. The number of hydrogen-bond donors (Lipinski definition) is 0. The Balaban J connectivity index is 3.47. The minimum Gasteiger partial charge on any atom is -0.375 e. The summed E-state index contributed by atoms with van der Waals surface area (Å²) in [7, 11) is 0. The second kappa shape index (κ2) is 7.61. The molecule has 0 aromatic heterocycles. The van der Waals surface area contributed by atoms with Crippen molar-refractivity contribution in [2.75, 3.05) is 6.61 Å². The van der Waals surface area contributed by atoms with E-state index in [0.29, 0.717) is 12.3 Å². The van der Waals surface area contributed by atoms with E-state index in [1.54, 1.807) is 0 Å². The summed E-state index contributed by atoms with van der Waals surface area (Å²) in [6.45, 7) is 12.8. The zero-order chi connectivity index (χ0) is 12.6. The van der Waals surface area contributed by atoms with E-state index < -0.39 is 0 Å². The SMILES string of the molecule is C=CC(=O)CCCCCOC(C)(C)C(C)C. The molecule has 2 heteroatoms. The van der Waals surface area contributed by atoms with Gasteiger partial charge in [0.15, 0.2) is 5.78 Å². The number of unbranched alkanes of at least 4 members (excludes halogenated alkanes) is 2. The molecule has 0 heterocycles. The Morgan fingerprint density at radius 2 is 1.94 bits per heavy atom. The maximum absolute atomic E-state index is 10.9. The van der Waals surface area contributed by atoms with Gasteiger partial charge in [0.05, 0.1) is 5.60 Å². The quantitative estimate of drug-likeness (QED) is 0.442. The van der Waals surface area contributed by atoms with Crippen molar-refractivity contribution < 1.29 is 9.53 Å². The molecule has 0 aliphatic rings. The summed E-state index contributed by atoms with van der Waals surface area (Å²) in [5.41, 5.74) is -0.0447. The van der Waals surface area contributed by atoms with Crippen LogP contribution in [0.3, 0.4) is 0 Å². The molecule has 0 atom stereocenters. The molecule has 0 spiro atoms. The molecule has 0 saturated carbocycles. The average Bonchev–Trinajstić information content (AvgIpc) is 2.22. The Bertz CT molecular complexity index is 217. The van der Waals surface area contributed by atoms with E-state index >= 15 is 0 Å². The van der Waals surface area contributed by atoms with E-state index in [1.165, 1.54) is 6.08 Å². The Labute approximate surface area is 100 Å². The largest absolute Gasteiger partial charge is 0.375 e. The molecule has 0 aliphatic heterocycles. The predicted molar refractivity (Wildman–Crippen MR) is 68.5 cm³/mol. The topological polar surface area (TPSA) is 26.3 Å². The molecule has 0 fully saturated rings. The van der Waals surface area contributed by atoms with Crippen LogP contribution in [-0.4, -0.2) is 18.0 Å². The lowest BCUT2D eigenvalue weighted by Crippen LogP contribution is -2.31. The summed E-state index contributed by atoms with van der Waals surface area (Å²) >= 11 is 0. The van der Waals surface area contributed by atoms with Crippen molar-refractivity contribution in [3.05, 3.63) is 12.7 Å². The number of rotatable bonds is 9. The van der Waals surface area contributed by atoms with Crippen LogP contribution in [0.2, 0.25) is 0 Å². The van der Waals surface area contributed by atoms with Gasteiger partial charge in [0.1, 0.15) is 0 Å². The van der Waals surface area contributed by atoms with Crippen molar-refractivity contribution in [1.29, 1.82) is 0 Å². The highest BCUT2D eigenvalue weighted by molar-refractivity contribution is 5.88. The highest BCUT2D eigenvalue weighted by Crippen LogP contribution is 2.20. The smallest absolute Gasteiger partial charge is 0.155 e. The van der Waals surface area contributed by atoms with Crippen LogP contribution in [0.15, 0.2) is 12.7 Å². The Kier molecular flexibility index (Phi) is 7.31. The summed E-state index contributed by atoms with van der Waals surface area (Å²) in [4.78, 5) is 10.9. The first-order chi connectivity index (χ1) is 7.40. The highest BCUT2D eigenvalue weighted by Gasteiger charge is 2.22. The molecule has 0 amide bonds. The van der Waals surface area contributed by atoms with E-state index in [2.05, 4.69) is 34.3 Å². The molecule has 0 unspecified atom stereocenters. The van der Waals surface area contributed by atoms with Gasteiger partial charge in [-0.05, 0) is 38.7 Å². The number of carbonyl (C=O) groups is 1. The van der Waals surface area contributed by atoms with Gasteiger partial charge in [-0.2, -0.15) is 0 Å². The molecule has 0 saturated heterocycles. The third-order valence-electron chi connectivity index (χ3n) is 3.16. The van der Waals surface area contributed by atoms with Crippen LogP contribution in [0.5, 0.6) is 0 Å². The molecule has 0 aliphatic carbocycles. The molecular weight excluding hydrogens is 200 g/mol. The predicted octanol–water partition coefficient (Wildman–Crippen LogP) is 3.75. The standard InChI is InChI=1S/C14H26O2/c1-6-13(15)10-8-7-9-11-16-14(4,5)12(2)3/h6,12H,1,7-11H2,2-5H3. The van der Waals surface area contributed by atoms with Gasteiger partial charge in [-0.1, -0.05) is 26.8 Å². The zero-order valence-electron chi connectivity index (χ0n) is 11.2. The number of carbonyl (C=O) groups excluding carboxylic acids is 1. The lowest BCUT2D eigenvalue weighted by molar-refractivity contribution is -0.114. The van der Waals surface area contributed by atoms with Crippen molar-refractivity contribution in [3.63, 3.8) is 0 Å². The summed E-state index contributed by atoms with van der Waals surface area (Å²) in [6.07, 6.45) is 5.04. The average molecular weight is 226 g/mol. The fourth-order valence-electron chi connectivity index (χ4n) is 1.18. The number of hydrogen-bond acceptors (Lipinski definition) is 2. The van der Waals surface area contributed by atoms with Crippen LogP contribution in [0.1, 0.15) is 53.4 Å². The second-order valence-electron chi connectivity index (χ2n) is 5.09. The Morgan fingerprint density at radius 1 is 1.31 bits per heavy atom. The summed E-state index contributed by atoms with van der Waals surface area (Å²) < 4.78 is 5.82. The van der Waals surface area contributed by atoms with Gasteiger partial charge in [-0.15, -0.1) is 0 Å². The maximum Gasteiger partial charge on any atom is 0.155 e. The first kappa shape index (κ1) is 15.4. The van der Waals surface area contributed by atoms with E-state index in [-0.39, 0.29) is 11.4 Å². The molecule has 2 nitrogen and oxygen atoms in total. The van der Waals surface area contributed by atoms with E-state index in [9.17, 15) is 4.79 Å². The van der Waals surface area contributed by atoms with E-state index in [4.69, 9.17) is 4.74 Å². The molecule has 94 valence electrons. The minimum absolute atomic E-state index is 0.0447. The van der Waals surface area contributed by atoms with Crippen LogP contribution in [0, 0.1) is 5.92 Å². The summed E-state index contributed by atoms with van der Waals surface area (Å²) in [5.74, 6) is 0.665. The third kappa shape index (κ3) is 6.78. The van der Waals surface area contributed by atoms with Gasteiger partial charge >= 0.3 is 0 Å². The van der Waals surface area contributed by atoms with Gasteiger partial charge in [0.2, 0.25) is 0 Å². The van der Waals surface area contributed by atoms with Gasteiger partial charge < -0.3 is 4.74 Å². The van der Waals surface area contributed by atoms with E-state index in [0.717, 1.165) is 25.9 Å². The zero-order valence-corrected chi connectivity index (χ0v) is 11.2. The molecule has 0 aromatic rings. The number of allylic oxidation sites excluding steroid dienone is 1. The lowest BCUT2D eigenvalue weighted by atomic mass is 9.95. The minimum atomic E-state index is -0.0447. The third-order valence-corrected chi connectivity index (χ3v) is 3.16. The normalized spacial score (nSPS) is 11.8. The first-order valence-corrected chi connectivity index (χ1v) is 6.19. The fourth-order valence-corrected chi connectivity index (χ4v) is 1.18. The molecule has 0 bridgehead atoms. The van der Waals surface area contributed by atoms with Crippen LogP contribution < -0.4 is 0 Å². The van der Waals surface area contributed by atoms with Crippen molar-refractivity contribution in [3.8, 4) is 0 Å². The van der Waals surface area contributed by atoms with Crippen molar-refractivity contribution in [2.24, 2.45) is 5.92 Å². The fraction of sp³-hybridized carbons (Fsp3) is 0.786. The Morgan fingerprint density at radius 3 is 2.44 bits per heavy atom. The first-order valence-electron chi connectivity index (χ1n) is 6.19. The number of ether oxygens (including phenoxy) is 1. The molecule has 0 rings (SSSR count). The summed E-state index contributed by atoms with van der Waals surface area (Å²) in [5, 5.41) is 0. The maximum atomic E-state index is 10.9. The highest BCUT2D eigenvalue weighted by atomic mass is 16.5. The van der Waals surface area contributed by atoms with E-state index in [1.807, 2.05) is 0 Å². The van der Waals surface area contributed by atoms with Crippen molar-refractivity contribution in [1.82, 2.24) is 0 Å². The van der Waals surface area contributed by atoms with Crippen LogP contribution in [0.25, 0.3) is 0 Å². The van der Waals surface area contributed by atoms with Gasteiger partial charge in [-0.3, -0.25) is 4.79 Å². The second-order valence-corrected chi connectivity index (χ2v) is 5.09. The molecule has 0 aromatic carbocycles. The van der Waals surface area contributed by atoms with Crippen LogP contribution >= 0.6 is 0 Å². The van der Waals surface area contributed by atoms with Crippen molar-refractivity contribution in [2.45, 2.75) is 59.0 Å². The molecule has 0 radical (unpaired) electrons. The molecule has 16 heavy (non-hydrogen) atoms. The summed E-state index contributed by atoms with van der Waals surface area (Å²) in [6, 6.07) is 0.